The molecule has 1 saturated heterocycles. The second-order valence-electron chi connectivity index (χ2n) is 7.78. The molecule has 5 heteroatoms. The van der Waals surface area contributed by atoms with Crippen molar-refractivity contribution >= 4 is 11.9 Å². The molecule has 2 N–H and O–H groups in total. The van der Waals surface area contributed by atoms with Gasteiger partial charge in [-0.15, -0.1) is 0 Å². The molecule has 1 fully saturated rings. The summed E-state index contributed by atoms with van der Waals surface area (Å²) in [6.07, 6.45) is 0.621. The Kier molecular flexibility index (Phi) is 5.65. The molecule has 1 aliphatic heterocycles. The van der Waals surface area contributed by atoms with E-state index in [9.17, 15) is 9.59 Å². The van der Waals surface area contributed by atoms with E-state index in [0.29, 0.717) is 13.0 Å². The molecule has 3 atom stereocenters. The summed E-state index contributed by atoms with van der Waals surface area (Å²) in [5.74, 6) is -0.262. The fourth-order valence-corrected chi connectivity index (χ4v) is 2.89. The standard InChI is InChI=1S/C19H28N2O3/c1-13-10-15(18(23)24-12-14-8-6-5-7-9-14)21(11-13)17(22)16(20)19(2,3)4/h5-9,13,15-16H,10-12,20H2,1-4H3/t13-,15+,16-/m1/s1. The number of nitrogens with zero attached hydrogens (tertiary/aromatic N) is 1. The highest BCUT2D eigenvalue weighted by Crippen LogP contribution is 2.28. The van der Waals surface area contributed by atoms with Gasteiger partial charge in [-0.25, -0.2) is 4.79 Å². The van der Waals surface area contributed by atoms with Crippen molar-refractivity contribution in [3.8, 4) is 0 Å². The lowest BCUT2D eigenvalue weighted by Gasteiger charge is -2.32. The van der Waals surface area contributed by atoms with Crippen LogP contribution in [0.15, 0.2) is 30.3 Å². The molecule has 0 unspecified atom stereocenters. The molecular weight excluding hydrogens is 304 g/mol. The average molecular weight is 332 g/mol. The molecule has 1 aromatic carbocycles. The quantitative estimate of drug-likeness (QED) is 0.859. The Morgan fingerprint density at radius 3 is 2.50 bits per heavy atom. The van der Waals surface area contributed by atoms with Gasteiger partial charge in [0.2, 0.25) is 5.91 Å². The second-order valence-corrected chi connectivity index (χ2v) is 7.78. The van der Waals surface area contributed by atoms with Gasteiger partial charge >= 0.3 is 5.97 Å². The fraction of sp³-hybridized carbons (Fsp3) is 0.579. The van der Waals surface area contributed by atoms with Gasteiger partial charge in [0.05, 0.1) is 6.04 Å². The monoisotopic (exact) mass is 332 g/mol. The van der Waals surface area contributed by atoms with Crippen molar-refractivity contribution in [3.63, 3.8) is 0 Å². The Morgan fingerprint density at radius 2 is 1.92 bits per heavy atom. The molecule has 0 aromatic heterocycles. The fourth-order valence-electron chi connectivity index (χ4n) is 2.89. The number of amides is 1. The zero-order valence-electron chi connectivity index (χ0n) is 15.0. The molecule has 5 nitrogen and oxygen atoms in total. The van der Waals surface area contributed by atoms with Crippen molar-refractivity contribution in [2.45, 2.75) is 52.8 Å². The summed E-state index contributed by atoms with van der Waals surface area (Å²) in [6, 6.07) is 8.36. The van der Waals surface area contributed by atoms with Gasteiger partial charge < -0.3 is 15.4 Å². The largest absolute Gasteiger partial charge is 0.459 e. The molecule has 1 amide bonds. The molecule has 0 bridgehead atoms. The third kappa shape index (κ3) is 4.35. The van der Waals surface area contributed by atoms with Crippen LogP contribution < -0.4 is 5.73 Å². The Bertz CT molecular complexity index is 580. The number of nitrogens with two attached hydrogens (primary N) is 1. The van der Waals surface area contributed by atoms with Gasteiger partial charge in [0.1, 0.15) is 12.6 Å². The Labute approximate surface area is 144 Å². The maximum absolute atomic E-state index is 12.7. The predicted molar refractivity (Wildman–Crippen MR) is 93.0 cm³/mol. The molecule has 2 rings (SSSR count). The predicted octanol–water partition coefficient (Wildman–Crippen LogP) is 2.34. The Hall–Kier alpha value is -1.88. The maximum Gasteiger partial charge on any atom is 0.329 e. The number of carbonyl (C=O) groups is 2. The number of ether oxygens (including phenoxy) is 1. The molecule has 1 aromatic rings. The first-order valence-corrected chi connectivity index (χ1v) is 8.46. The molecule has 1 aliphatic rings. The third-order valence-electron chi connectivity index (χ3n) is 4.49. The molecule has 0 spiro atoms. The highest BCUT2D eigenvalue weighted by Gasteiger charge is 2.42. The lowest BCUT2D eigenvalue weighted by Crippen LogP contribution is -2.53. The van der Waals surface area contributed by atoms with Gasteiger partial charge in [-0.05, 0) is 23.3 Å². The normalized spacial score (nSPS) is 22.3. The van der Waals surface area contributed by atoms with Crippen LogP contribution in [0.1, 0.15) is 39.7 Å². The average Bonchev–Trinajstić information content (AvgIpc) is 2.93. The molecular formula is C19H28N2O3. The van der Waals surface area contributed by atoms with Crippen LogP contribution in [0.4, 0.5) is 0 Å². The number of likely N-dealkylation sites (tertiary alicyclic amines) is 1. The van der Waals surface area contributed by atoms with E-state index >= 15 is 0 Å². The summed E-state index contributed by atoms with van der Waals surface area (Å²) in [7, 11) is 0. The minimum absolute atomic E-state index is 0.173. The second kappa shape index (κ2) is 7.34. The zero-order chi connectivity index (χ0) is 17.9. The van der Waals surface area contributed by atoms with Crippen LogP contribution >= 0.6 is 0 Å². The van der Waals surface area contributed by atoms with Crippen LogP contribution in [0.3, 0.4) is 0 Å². The first kappa shape index (κ1) is 18.5. The number of benzene rings is 1. The smallest absolute Gasteiger partial charge is 0.329 e. The summed E-state index contributed by atoms with van der Waals surface area (Å²) in [5, 5.41) is 0. The summed E-state index contributed by atoms with van der Waals surface area (Å²) in [6.45, 7) is 8.59. The van der Waals surface area contributed by atoms with E-state index in [4.69, 9.17) is 10.5 Å². The van der Waals surface area contributed by atoms with E-state index in [2.05, 4.69) is 0 Å². The van der Waals surface area contributed by atoms with Gasteiger partial charge in [0.15, 0.2) is 0 Å². The summed E-state index contributed by atoms with van der Waals surface area (Å²) in [4.78, 5) is 26.8. The molecule has 0 saturated carbocycles. The van der Waals surface area contributed by atoms with E-state index in [-0.39, 0.29) is 29.8 Å². The van der Waals surface area contributed by atoms with Gasteiger partial charge in [0.25, 0.3) is 0 Å². The minimum Gasteiger partial charge on any atom is -0.459 e. The number of hydrogen-bond acceptors (Lipinski definition) is 4. The summed E-state index contributed by atoms with van der Waals surface area (Å²) >= 11 is 0. The van der Waals surface area contributed by atoms with Crippen LogP contribution in [-0.2, 0) is 20.9 Å². The van der Waals surface area contributed by atoms with E-state index < -0.39 is 12.1 Å². The first-order chi connectivity index (χ1) is 11.2. The van der Waals surface area contributed by atoms with Crippen molar-refractivity contribution < 1.29 is 14.3 Å². The lowest BCUT2D eigenvalue weighted by molar-refractivity contribution is -0.155. The van der Waals surface area contributed by atoms with Crippen molar-refractivity contribution in [3.05, 3.63) is 35.9 Å². The van der Waals surface area contributed by atoms with E-state index in [1.54, 1.807) is 4.90 Å². The highest BCUT2D eigenvalue weighted by molar-refractivity contribution is 5.88. The number of carbonyl (C=O) groups excluding carboxylic acids is 2. The van der Waals surface area contributed by atoms with Gasteiger partial charge in [0, 0.05) is 6.54 Å². The first-order valence-electron chi connectivity index (χ1n) is 8.46. The van der Waals surface area contributed by atoms with Gasteiger partial charge in [-0.1, -0.05) is 58.0 Å². The molecule has 132 valence electrons. The van der Waals surface area contributed by atoms with Crippen LogP contribution in [0.5, 0.6) is 0 Å². The number of esters is 1. The van der Waals surface area contributed by atoms with Crippen LogP contribution in [0.2, 0.25) is 0 Å². The summed E-state index contributed by atoms with van der Waals surface area (Å²) in [5.41, 5.74) is 6.69. The molecule has 1 heterocycles. The third-order valence-corrected chi connectivity index (χ3v) is 4.49. The zero-order valence-corrected chi connectivity index (χ0v) is 15.0. The molecule has 0 aliphatic carbocycles. The summed E-state index contributed by atoms with van der Waals surface area (Å²) < 4.78 is 5.43. The number of hydrogen-bond donors (Lipinski definition) is 1. The molecule has 0 radical (unpaired) electrons. The van der Waals surface area contributed by atoms with E-state index in [1.165, 1.54) is 0 Å². The van der Waals surface area contributed by atoms with Crippen molar-refractivity contribution in [1.29, 1.82) is 0 Å². The minimum atomic E-state index is -0.632. The van der Waals surface area contributed by atoms with Crippen LogP contribution in [0, 0.1) is 11.3 Å². The van der Waals surface area contributed by atoms with Crippen molar-refractivity contribution in [2.24, 2.45) is 17.1 Å². The van der Waals surface area contributed by atoms with Crippen LogP contribution in [0.25, 0.3) is 0 Å². The highest BCUT2D eigenvalue weighted by atomic mass is 16.5. The lowest BCUT2D eigenvalue weighted by atomic mass is 9.86. The molecule has 24 heavy (non-hydrogen) atoms. The Morgan fingerprint density at radius 1 is 1.29 bits per heavy atom. The topological polar surface area (TPSA) is 72.6 Å². The van der Waals surface area contributed by atoms with Crippen LogP contribution in [-0.4, -0.2) is 35.4 Å². The Balaban J connectivity index is 2.04. The van der Waals surface area contributed by atoms with E-state index in [1.807, 2.05) is 58.0 Å². The number of rotatable bonds is 4. The van der Waals surface area contributed by atoms with E-state index in [0.717, 1.165) is 5.56 Å². The van der Waals surface area contributed by atoms with Gasteiger partial charge in [-0.2, -0.15) is 0 Å². The van der Waals surface area contributed by atoms with Gasteiger partial charge in [-0.3, -0.25) is 4.79 Å². The SMILES string of the molecule is C[C@@H]1C[C@@H](C(=O)OCc2ccccc2)N(C(=O)[C@@H](N)C(C)(C)C)C1. The van der Waals surface area contributed by atoms with Crippen molar-refractivity contribution in [2.75, 3.05) is 6.54 Å². The van der Waals surface area contributed by atoms with Crippen molar-refractivity contribution in [1.82, 2.24) is 4.90 Å². The maximum atomic E-state index is 12.7.